The number of nitrogens with zero attached hydrogens (tertiary/aromatic N) is 1. The Labute approximate surface area is 160 Å². The van der Waals surface area contributed by atoms with E-state index in [0.717, 1.165) is 31.7 Å². The van der Waals surface area contributed by atoms with E-state index in [-0.39, 0.29) is 23.7 Å². The molecule has 2 aliphatic heterocycles. The molecule has 6 heteroatoms. The van der Waals surface area contributed by atoms with Crippen molar-refractivity contribution >= 4 is 23.6 Å². The van der Waals surface area contributed by atoms with Crippen LogP contribution >= 0.6 is 11.8 Å². The number of hydrogen-bond donors (Lipinski definition) is 2. The summed E-state index contributed by atoms with van der Waals surface area (Å²) in [4.78, 5) is 28.2. The number of hydrogen-bond acceptors (Lipinski definition) is 4. The Balaban J connectivity index is 1.39. The summed E-state index contributed by atoms with van der Waals surface area (Å²) in [6, 6.07) is 8.43. The monoisotopic (exact) mass is 375 g/mol. The molecule has 2 heterocycles. The maximum atomic E-state index is 12.6. The molecule has 1 aromatic rings. The highest BCUT2D eigenvalue weighted by atomic mass is 32.2. The highest BCUT2D eigenvalue weighted by molar-refractivity contribution is 7.99. The molecule has 1 aromatic carbocycles. The predicted octanol–water partition coefficient (Wildman–Crippen LogP) is 2.05. The second-order valence-electron chi connectivity index (χ2n) is 7.27. The van der Waals surface area contributed by atoms with Crippen molar-refractivity contribution in [2.45, 2.75) is 31.1 Å². The van der Waals surface area contributed by atoms with Gasteiger partial charge in [0.2, 0.25) is 11.8 Å². The molecule has 0 radical (unpaired) electrons. The molecular weight excluding hydrogens is 346 g/mol. The van der Waals surface area contributed by atoms with Crippen LogP contribution in [0.4, 0.5) is 0 Å². The van der Waals surface area contributed by atoms with Crippen LogP contribution in [-0.4, -0.2) is 55.2 Å². The van der Waals surface area contributed by atoms with Gasteiger partial charge in [0.05, 0.1) is 11.8 Å². The molecule has 0 aliphatic carbocycles. The first-order valence-corrected chi connectivity index (χ1v) is 10.6. The zero-order chi connectivity index (χ0) is 18.4. The second kappa shape index (κ2) is 9.42. The number of piperidine rings is 1. The molecule has 0 unspecified atom stereocenters. The van der Waals surface area contributed by atoms with E-state index >= 15 is 0 Å². The third-order valence-corrected chi connectivity index (χ3v) is 6.19. The van der Waals surface area contributed by atoms with E-state index in [4.69, 9.17) is 0 Å². The smallest absolute Gasteiger partial charge is 0.226 e. The number of nitrogens with one attached hydrogen (secondary N) is 2. The van der Waals surface area contributed by atoms with E-state index in [1.807, 2.05) is 4.90 Å². The van der Waals surface area contributed by atoms with Crippen LogP contribution in [0.5, 0.6) is 0 Å². The summed E-state index contributed by atoms with van der Waals surface area (Å²) in [7, 11) is 0. The minimum Gasteiger partial charge on any atom is -0.355 e. The molecular formula is C20H29N3O2S. The van der Waals surface area contributed by atoms with Crippen molar-refractivity contribution in [3.05, 3.63) is 29.8 Å². The molecule has 2 N–H and O–H groups in total. The van der Waals surface area contributed by atoms with Crippen LogP contribution in [0.3, 0.4) is 0 Å². The molecule has 5 nitrogen and oxygen atoms in total. The molecule has 2 amide bonds. The summed E-state index contributed by atoms with van der Waals surface area (Å²) in [5.74, 6) is 0.984. The number of benzene rings is 1. The summed E-state index contributed by atoms with van der Waals surface area (Å²) in [5, 5.41) is 6.32. The van der Waals surface area contributed by atoms with Crippen molar-refractivity contribution in [1.82, 2.24) is 15.5 Å². The van der Waals surface area contributed by atoms with Gasteiger partial charge in [-0.25, -0.2) is 0 Å². The van der Waals surface area contributed by atoms with E-state index < -0.39 is 0 Å². The third-order valence-electron chi connectivity index (χ3n) is 5.18. The van der Waals surface area contributed by atoms with E-state index in [9.17, 15) is 9.59 Å². The number of carbonyl (C=O) groups excluding carboxylic acids is 2. The molecule has 2 saturated heterocycles. The quantitative estimate of drug-likeness (QED) is 0.590. The number of carbonyl (C=O) groups is 2. The first kappa shape index (κ1) is 19.2. The predicted molar refractivity (Wildman–Crippen MR) is 105 cm³/mol. The molecule has 0 saturated carbocycles. The second-order valence-corrected chi connectivity index (χ2v) is 8.44. The summed E-state index contributed by atoms with van der Waals surface area (Å²) >= 11 is 1.75. The number of aryl methyl sites for hydroxylation is 1. The normalized spacial score (nSPS) is 23.0. The zero-order valence-electron chi connectivity index (χ0n) is 15.5. The van der Waals surface area contributed by atoms with Gasteiger partial charge in [-0.15, -0.1) is 11.8 Å². The topological polar surface area (TPSA) is 61.4 Å². The van der Waals surface area contributed by atoms with Gasteiger partial charge in [0.1, 0.15) is 0 Å². The number of amides is 2. The van der Waals surface area contributed by atoms with Crippen LogP contribution in [0.2, 0.25) is 0 Å². The Hall–Kier alpha value is -1.53. The molecule has 2 atom stereocenters. The molecule has 142 valence electrons. The van der Waals surface area contributed by atoms with Crippen molar-refractivity contribution < 1.29 is 9.59 Å². The molecule has 0 aromatic heterocycles. The van der Waals surface area contributed by atoms with Crippen LogP contribution in [0.25, 0.3) is 0 Å². The molecule has 3 rings (SSSR count). The van der Waals surface area contributed by atoms with Crippen molar-refractivity contribution in [2.75, 3.05) is 38.5 Å². The van der Waals surface area contributed by atoms with Gasteiger partial charge in [-0.1, -0.05) is 17.7 Å². The Bertz CT molecular complexity index is 614. The maximum absolute atomic E-state index is 12.6. The Morgan fingerprint density at radius 1 is 1.15 bits per heavy atom. The molecule has 0 bridgehead atoms. The third kappa shape index (κ3) is 5.24. The number of thioether (sulfide) groups is 1. The van der Waals surface area contributed by atoms with Gasteiger partial charge in [0.25, 0.3) is 0 Å². The first-order chi connectivity index (χ1) is 12.6. The van der Waals surface area contributed by atoms with Crippen molar-refractivity contribution in [3.63, 3.8) is 0 Å². The molecule has 26 heavy (non-hydrogen) atoms. The summed E-state index contributed by atoms with van der Waals surface area (Å²) < 4.78 is 0. The maximum Gasteiger partial charge on any atom is 0.226 e. The van der Waals surface area contributed by atoms with Crippen molar-refractivity contribution in [3.8, 4) is 0 Å². The summed E-state index contributed by atoms with van der Waals surface area (Å²) in [5.41, 5.74) is 1.26. The lowest BCUT2D eigenvalue weighted by Crippen LogP contribution is -2.49. The van der Waals surface area contributed by atoms with Crippen LogP contribution in [0, 0.1) is 18.8 Å². The SMILES string of the molecule is Cc1ccc(SCCNC(=O)[C@@H]2CNC[C@@H](C(=O)N3CCCC3)C2)cc1. The van der Waals surface area contributed by atoms with Gasteiger partial charge in [-0.2, -0.15) is 0 Å². The van der Waals surface area contributed by atoms with Gasteiger partial charge >= 0.3 is 0 Å². The number of rotatable bonds is 6. The Morgan fingerprint density at radius 3 is 2.58 bits per heavy atom. The van der Waals surface area contributed by atoms with Crippen molar-refractivity contribution in [2.24, 2.45) is 11.8 Å². The minimum atomic E-state index is -0.107. The highest BCUT2D eigenvalue weighted by Gasteiger charge is 2.33. The fourth-order valence-electron chi connectivity index (χ4n) is 3.65. The molecule has 2 aliphatic rings. The van der Waals surface area contributed by atoms with E-state index in [2.05, 4.69) is 41.8 Å². The van der Waals surface area contributed by atoms with Gasteiger partial charge in [-0.3, -0.25) is 9.59 Å². The molecule has 0 spiro atoms. The number of likely N-dealkylation sites (tertiary alicyclic amines) is 1. The van der Waals surface area contributed by atoms with Gasteiger partial charge < -0.3 is 15.5 Å². The van der Waals surface area contributed by atoms with Crippen LogP contribution < -0.4 is 10.6 Å². The average Bonchev–Trinajstić information content (AvgIpc) is 3.21. The van der Waals surface area contributed by atoms with Crippen molar-refractivity contribution in [1.29, 1.82) is 0 Å². The fourth-order valence-corrected chi connectivity index (χ4v) is 4.42. The van der Waals surface area contributed by atoms with Crippen LogP contribution in [-0.2, 0) is 9.59 Å². The first-order valence-electron chi connectivity index (χ1n) is 9.60. The largest absolute Gasteiger partial charge is 0.355 e. The van der Waals surface area contributed by atoms with Gasteiger partial charge in [0.15, 0.2) is 0 Å². The molecule has 2 fully saturated rings. The van der Waals surface area contributed by atoms with E-state index in [0.29, 0.717) is 26.1 Å². The lowest BCUT2D eigenvalue weighted by molar-refractivity contribution is -0.136. The fraction of sp³-hybridized carbons (Fsp3) is 0.600. The van der Waals surface area contributed by atoms with Crippen LogP contribution in [0.15, 0.2) is 29.2 Å². The van der Waals surface area contributed by atoms with Gasteiger partial charge in [0, 0.05) is 43.4 Å². The summed E-state index contributed by atoms with van der Waals surface area (Å²) in [6.07, 6.45) is 2.88. The Morgan fingerprint density at radius 2 is 1.85 bits per heavy atom. The average molecular weight is 376 g/mol. The lowest BCUT2D eigenvalue weighted by atomic mass is 9.89. The van der Waals surface area contributed by atoms with E-state index in [1.54, 1.807) is 11.8 Å². The highest BCUT2D eigenvalue weighted by Crippen LogP contribution is 2.22. The summed E-state index contributed by atoms with van der Waals surface area (Å²) in [6.45, 7) is 5.85. The van der Waals surface area contributed by atoms with Gasteiger partial charge in [-0.05, 0) is 38.3 Å². The standard InChI is InChI=1S/C20H29N3O2S/c1-15-4-6-18(7-5-15)26-11-8-22-19(24)16-12-17(14-21-13-16)20(25)23-9-2-3-10-23/h4-7,16-17,21H,2-3,8-14H2,1H3,(H,22,24)/t16-,17-/m0/s1. The lowest BCUT2D eigenvalue weighted by Gasteiger charge is -2.31. The minimum absolute atomic E-state index is 0.0560. The van der Waals surface area contributed by atoms with Crippen LogP contribution in [0.1, 0.15) is 24.8 Å². The zero-order valence-corrected chi connectivity index (χ0v) is 16.3. The Kier molecular flexibility index (Phi) is 6.97. The van der Waals surface area contributed by atoms with E-state index in [1.165, 1.54) is 10.5 Å².